The fourth-order valence-electron chi connectivity index (χ4n) is 2.50. The molecule has 12 nitrogen and oxygen atoms in total. The van der Waals surface area contributed by atoms with Gasteiger partial charge in [0.1, 0.15) is 0 Å². The van der Waals surface area contributed by atoms with Crippen LogP contribution in [0.15, 0.2) is 68.1 Å². The number of primary sulfonamides is 1. The van der Waals surface area contributed by atoms with E-state index < -0.39 is 45.6 Å². The fraction of sp³-hybridized carbons (Fsp3) is 0.400. The Labute approximate surface area is 214 Å². The van der Waals surface area contributed by atoms with Gasteiger partial charge in [-0.15, -0.1) is 0 Å². The average molecular weight is 585 g/mol. The first kappa shape index (κ1) is 32.1. The second-order valence-electron chi connectivity index (χ2n) is 8.93. The summed E-state index contributed by atoms with van der Waals surface area (Å²) in [5.74, 6) is 0. The lowest BCUT2D eigenvalue weighted by molar-refractivity contribution is 0.491. The molecule has 0 bridgehead atoms. The van der Waals surface area contributed by atoms with Gasteiger partial charge >= 0.3 is 0 Å². The minimum atomic E-state index is -3.89. The molecular weight excluding hydrogens is 553 g/mol. The van der Waals surface area contributed by atoms with Gasteiger partial charge < -0.3 is 0 Å². The van der Waals surface area contributed by atoms with Gasteiger partial charge in [-0.1, -0.05) is 12.1 Å². The lowest BCUT2D eigenvalue weighted by atomic mass is 10.1. The van der Waals surface area contributed by atoms with Crippen molar-refractivity contribution in [3.63, 3.8) is 0 Å². The van der Waals surface area contributed by atoms with E-state index in [4.69, 9.17) is 5.14 Å². The summed E-state index contributed by atoms with van der Waals surface area (Å²) in [5.41, 5.74) is -0.644. The summed E-state index contributed by atoms with van der Waals surface area (Å²) in [4.78, 5) is -0.464. The van der Waals surface area contributed by atoms with E-state index in [0.717, 1.165) is 20.7 Å². The van der Waals surface area contributed by atoms with Crippen molar-refractivity contribution in [2.24, 2.45) is 5.14 Å². The van der Waals surface area contributed by atoms with Crippen molar-refractivity contribution in [3.8, 4) is 0 Å². The summed E-state index contributed by atoms with van der Waals surface area (Å²) in [6, 6.07) is 10.2. The Kier molecular flexibility index (Phi) is 10.0. The molecule has 0 aliphatic carbocycles. The van der Waals surface area contributed by atoms with Gasteiger partial charge in [0.25, 0.3) is 0 Å². The van der Waals surface area contributed by atoms with Crippen molar-refractivity contribution in [2.45, 2.75) is 45.9 Å². The number of sulfonamides is 4. The number of hydrogen-bond donors (Lipinski definition) is 2. The van der Waals surface area contributed by atoms with Crippen LogP contribution in [0.5, 0.6) is 0 Å². The van der Waals surface area contributed by atoms with Gasteiger partial charge in [0, 0.05) is 33.7 Å². The fourth-order valence-corrected chi connectivity index (χ4v) is 6.57. The normalized spacial score (nSPS) is 13.4. The monoisotopic (exact) mass is 584 g/mol. The molecule has 2 aromatic rings. The van der Waals surface area contributed by atoms with E-state index >= 15 is 0 Å². The molecule has 204 valence electrons. The third-order valence-electron chi connectivity index (χ3n) is 4.25. The molecule has 0 saturated carbocycles. The van der Waals surface area contributed by atoms with E-state index in [1.165, 1.54) is 64.6 Å². The molecule has 16 heteroatoms. The summed E-state index contributed by atoms with van der Waals surface area (Å²) in [6.07, 6.45) is 0. The Morgan fingerprint density at radius 3 is 1.31 bits per heavy atom. The zero-order valence-corrected chi connectivity index (χ0v) is 24.3. The van der Waals surface area contributed by atoms with Crippen LogP contribution in [-0.4, -0.2) is 76.0 Å². The van der Waals surface area contributed by atoms with E-state index in [2.05, 4.69) is 4.72 Å². The van der Waals surface area contributed by atoms with Crippen molar-refractivity contribution in [3.05, 3.63) is 48.5 Å². The second-order valence-corrected chi connectivity index (χ2v) is 16.5. The van der Waals surface area contributed by atoms with Crippen LogP contribution < -0.4 is 9.86 Å². The maximum Gasteiger partial charge on any atom is 0.242 e. The zero-order chi connectivity index (χ0) is 28.3. The topological polar surface area (TPSA) is 181 Å². The van der Waals surface area contributed by atoms with Gasteiger partial charge in [0.15, 0.2) is 0 Å². The van der Waals surface area contributed by atoms with Crippen LogP contribution >= 0.6 is 0 Å². The van der Waals surface area contributed by atoms with E-state index in [1.807, 2.05) is 0 Å². The van der Waals surface area contributed by atoms with Gasteiger partial charge in [-0.25, -0.2) is 52.1 Å². The van der Waals surface area contributed by atoms with Crippen molar-refractivity contribution < 1.29 is 33.7 Å². The van der Waals surface area contributed by atoms with Crippen LogP contribution in [-0.2, 0) is 40.1 Å². The summed E-state index contributed by atoms with van der Waals surface area (Å²) in [5, 5.41) is 4.91. The SMILES string of the molecule is CN(C)S(=O)(=O)c1cccc(S(=O)(=O)NC(C)(C)C)c1.CN(C)S(=O)(=O)c1cccc(S(N)(=O)=O)c1. The van der Waals surface area contributed by atoms with Crippen LogP contribution in [0.25, 0.3) is 0 Å². The molecule has 0 saturated heterocycles. The highest BCUT2D eigenvalue weighted by Gasteiger charge is 2.25. The van der Waals surface area contributed by atoms with Gasteiger partial charge in [0.2, 0.25) is 40.1 Å². The van der Waals surface area contributed by atoms with Crippen LogP contribution in [0.1, 0.15) is 20.8 Å². The molecular formula is C20H32N4O8S4. The molecule has 0 aliphatic rings. The van der Waals surface area contributed by atoms with E-state index in [0.29, 0.717) is 0 Å². The molecule has 0 heterocycles. The third kappa shape index (κ3) is 8.58. The lowest BCUT2D eigenvalue weighted by Crippen LogP contribution is -2.40. The Balaban J connectivity index is 0.000000369. The summed E-state index contributed by atoms with van der Waals surface area (Å²) in [6.45, 7) is 5.14. The average Bonchev–Trinajstić information content (AvgIpc) is 2.72. The molecule has 2 aromatic carbocycles. The molecule has 0 fully saturated rings. The number of benzene rings is 2. The number of hydrogen-bond acceptors (Lipinski definition) is 8. The van der Waals surface area contributed by atoms with E-state index in [9.17, 15) is 33.7 Å². The molecule has 0 radical (unpaired) electrons. The molecule has 0 aliphatic heterocycles. The lowest BCUT2D eigenvalue weighted by Gasteiger charge is -2.20. The highest BCUT2D eigenvalue weighted by atomic mass is 32.2. The van der Waals surface area contributed by atoms with Gasteiger partial charge in [-0.2, -0.15) is 0 Å². The molecule has 3 N–H and O–H groups in total. The molecule has 2 rings (SSSR count). The number of nitrogens with two attached hydrogens (primary N) is 1. The van der Waals surface area contributed by atoms with Crippen molar-refractivity contribution >= 4 is 40.1 Å². The predicted octanol–water partition coefficient (Wildman–Crippen LogP) is 0.598. The summed E-state index contributed by atoms with van der Waals surface area (Å²) in [7, 11) is -9.46. The van der Waals surface area contributed by atoms with Crippen LogP contribution in [0, 0.1) is 0 Å². The van der Waals surface area contributed by atoms with Crippen LogP contribution in [0.3, 0.4) is 0 Å². The maximum absolute atomic E-state index is 12.2. The van der Waals surface area contributed by atoms with Gasteiger partial charge in [-0.3, -0.25) is 0 Å². The standard InChI is InChI=1S/C12H20N2O4S2.C8H12N2O4S2/c1-12(2,3)13-19(15,16)10-7-6-8-11(9-10)20(17,18)14(4)5;1-10(2)16(13,14)8-5-3-4-7(6-8)15(9,11)12/h6-9,13H,1-5H3;3-6H,1-2H3,(H2,9,11,12). The Morgan fingerprint density at radius 2 is 0.972 bits per heavy atom. The van der Waals surface area contributed by atoms with Crippen LogP contribution in [0.2, 0.25) is 0 Å². The molecule has 0 aromatic heterocycles. The smallest absolute Gasteiger partial charge is 0.225 e. The van der Waals surface area contributed by atoms with Gasteiger partial charge in [0.05, 0.1) is 19.6 Å². The van der Waals surface area contributed by atoms with Gasteiger partial charge in [-0.05, 0) is 57.2 Å². The number of rotatable bonds is 7. The second kappa shape index (κ2) is 11.2. The molecule has 0 atom stereocenters. The van der Waals surface area contributed by atoms with E-state index in [1.54, 1.807) is 20.8 Å². The van der Waals surface area contributed by atoms with Crippen LogP contribution in [0.4, 0.5) is 0 Å². The third-order valence-corrected chi connectivity index (χ3v) is 10.5. The predicted molar refractivity (Wildman–Crippen MR) is 136 cm³/mol. The molecule has 0 amide bonds. The Hall–Kier alpha value is -1.92. The Bertz CT molecular complexity index is 1510. The first-order valence-electron chi connectivity index (χ1n) is 10.1. The summed E-state index contributed by atoms with van der Waals surface area (Å²) >= 11 is 0. The molecule has 0 unspecified atom stereocenters. The first-order chi connectivity index (χ1) is 16.0. The van der Waals surface area contributed by atoms with Crippen molar-refractivity contribution in [1.82, 2.24) is 13.3 Å². The maximum atomic E-state index is 12.2. The zero-order valence-electron chi connectivity index (χ0n) is 21.0. The molecule has 36 heavy (non-hydrogen) atoms. The number of nitrogens with zero attached hydrogens (tertiary/aromatic N) is 2. The van der Waals surface area contributed by atoms with E-state index in [-0.39, 0.29) is 19.6 Å². The summed E-state index contributed by atoms with van der Waals surface area (Å²) < 4.78 is 98.4. The highest BCUT2D eigenvalue weighted by Crippen LogP contribution is 2.19. The largest absolute Gasteiger partial charge is 0.242 e. The quantitative estimate of drug-likeness (QED) is 0.474. The highest BCUT2D eigenvalue weighted by molar-refractivity contribution is 7.90. The molecule has 0 spiro atoms. The number of nitrogens with one attached hydrogen (secondary N) is 1. The van der Waals surface area contributed by atoms with Crippen molar-refractivity contribution in [2.75, 3.05) is 28.2 Å². The minimum Gasteiger partial charge on any atom is -0.225 e. The Morgan fingerprint density at radius 1 is 0.639 bits per heavy atom. The van der Waals surface area contributed by atoms with Crippen molar-refractivity contribution in [1.29, 1.82) is 0 Å². The minimum absolute atomic E-state index is 0.0562. The first-order valence-corrected chi connectivity index (χ1v) is 16.0.